The summed E-state index contributed by atoms with van der Waals surface area (Å²) in [6.07, 6.45) is 1.44. The lowest BCUT2D eigenvalue weighted by molar-refractivity contribution is 0.0829. The van der Waals surface area contributed by atoms with Crippen LogP contribution in [0.5, 0.6) is 0 Å². The highest BCUT2D eigenvalue weighted by Gasteiger charge is 2.18. The number of halogens is 1. The van der Waals surface area contributed by atoms with E-state index in [1.54, 1.807) is 44.4 Å². The van der Waals surface area contributed by atoms with Gasteiger partial charge in [0, 0.05) is 42.1 Å². The maximum atomic E-state index is 12.5. The van der Waals surface area contributed by atoms with Crippen LogP contribution in [0.1, 0.15) is 15.9 Å². The number of anilines is 3. The number of nitriles is 1. The zero-order chi connectivity index (χ0) is 18.8. The van der Waals surface area contributed by atoms with E-state index in [1.807, 2.05) is 6.07 Å². The average Bonchev–Trinajstić information content (AvgIpc) is 2.61. The van der Waals surface area contributed by atoms with Crippen molar-refractivity contribution >= 4 is 45.5 Å². The number of aromatic nitrogens is 1. The number of hydrogen-bond donors (Lipinski definition) is 2. The lowest BCUT2D eigenvalue weighted by Crippen LogP contribution is -2.22. The SMILES string of the molecule is CN(C)C(=O)c1cc(N)cc2c(Nc3cccc(Cl)c3)c(C#N)cnc12. The second-order valence-corrected chi connectivity index (χ2v) is 6.39. The number of nitrogens with one attached hydrogen (secondary N) is 1. The van der Waals surface area contributed by atoms with Crippen molar-refractivity contribution in [2.24, 2.45) is 0 Å². The smallest absolute Gasteiger partial charge is 0.255 e. The molecule has 0 spiro atoms. The summed E-state index contributed by atoms with van der Waals surface area (Å²) < 4.78 is 0. The zero-order valence-corrected chi connectivity index (χ0v) is 15.0. The third-order valence-electron chi connectivity index (χ3n) is 3.84. The van der Waals surface area contributed by atoms with Crippen LogP contribution in [-0.2, 0) is 0 Å². The molecule has 0 unspecified atom stereocenters. The average molecular weight is 366 g/mol. The molecule has 0 saturated heterocycles. The molecule has 1 aromatic heterocycles. The first-order valence-electron chi connectivity index (χ1n) is 7.77. The summed E-state index contributed by atoms with van der Waals surface area (Å²) in [4.78, 5) is 18.3. The largest absolute Gasteiger partial charge is 0.399 e. The van der Waals surface area contributed by atoms with E-state index in [0.717, 1.165) is 0 Å². The number of carbonyl (C=O) groups is 1. The lowest BCUT2D eigenvalue weighted by Gasteiger charge is -2.16. The van der Waals surface area contributed by atoms with Crippen molar-refractivity contribution in [2.75, 3.05) is 25.1 Å². The Bertz CT molecular complexity index is 1060. The van der Waals surface area contributed by atoms with Crippen molar-refractivity contribution in [1.29, 1.82) is 5.26 Å². The summed E-state index contributed by atoms with van der Waals surface area (Å²) in [5.74, 6) is -0.215. The van der Waals surface area contributed by atoms with E-state index in [9.17, 15) is 10.1 Å². The topological polar surface area (TPSA) is 95.0 Å². The molecule has 0 aliphatic rings. The maximum Gasteiger partial charge on any atom is 0.255 e. The van der Waals surface area contributed by atoms with Crippen LogP contribution in [-0.4, -0.2) is 29.9 Å². The van der Waals surface area contributed by atoms with Crippen molar-refractivity contribution in [3.8, 4) is 6.07 Å². The Labute approximate surface area is 155 Å². The second kappa shape index (κ2) is 6.90. The van der Waals surface area contributed by atoms with Gasteiger partial charge in [-0.15, -0.1) is 0 Å². The van der Waals surface area contributed by atoms with Gasteiger partial charge in [-0.3, -0.25) is 9.78 Å². The van der Waals surface area contributed by atoms with Crippen LogP contribution < -0.4 is 11.1 Å². The van der Waals surface area contributed by atoms with Crippen LogP contribution in [0.4, 0.5) is 17.1 Å². The van der Waals surface area contributed by atoms with E-state index in [0.29, 0.717) is 44.1 Å². The third kappa shape index (κ3) is 3.25. The van der Waals surface area contributed by atoms with E-state index in [4.69, 9.17) is 17.3 Å². The van der Waals surface area contributed by atoms with Crippen LogP contribution in [0.25, 0.3) is 10.9 Å². The van der Waals surface area contributed by atoms with Crippen molar-refractivity contribution < 1.29 is 4.79 Å². The highest BCUT2D eigenvalue weighted by Crippen LogP contribution is 2.33. The Morgan fingerprint density at radius 3 is 2.73 bits per heavy atom. The number of pyridine rings is 1. The minimum atomic E-state index is -0.215. The maximum absolute atomic E-state index is 12.5. The van der Waals surface area contributed by atoms with Crippen LogP contribution in [0.3, 0.4) is 0 Å². The number of amides is 1. The molecule has 1 heterocycles. The summed E-state index contributed by atoms with van der Waals surface area (Å²) in [5, 5.41) is 13.8. The molecule has 3 aromatic rings. The van der Waals surface area contributed by atoms with E-state index >= 15 is 0 Å². The van der Waals surface area contributed by atoms with Gasteiger partial charge in [0.25, 0.3) is 5.91 Å². The highest BCUT2D eigenvalue weighted by atomic mass is 35.5. The molecule has 0 atom stereocenters. The van der Waals surface area contributed by atoms with Gasteiger partial charge in [-0.05, 0) is 30.3 Å². The molecule has 26 heavy (non-hydrogen) atoms. The molecular formula is C19H16ClN5O. The summed E-state index contributed by atoms with van der Waals surface area (Å²) in [7, 11) is 3.32. The summed E-state index contributed by atoms with van der Waals surface area (Å²) >= 11 is 6.04. The Hall–Kier alpha value is -3.30. The molecule has 0 saturated carbocycles. The van der Waals surface area contributed by atoms with E-state index < -0.39 is 0 Å². The van der Waals surface area contributed by atoms with Crippen LogP contribution >= 0.6 is 11.6 Å². The van der Waals surface area contributed by atoms with Gasteiger partial charge in [0.1, 0.15) is 6.07 Å². The molecule has 0 aliphatic heterocycles. The van der Waals surface area contributed by atoms with Gasteiger partial charge >= 0.3 is 0 Å². The Morgan fingerprint density at radius 2 is 2.08 bits per heavy atom. The Kier molecular flexibility index (Phi) is 4.65. The van der Waals surface area contributed by atoms with Gasteiger partial charge in [-0.2, -0.15) is 5.26 Å². The fourth-order valence-electron chi connectivity index (χ4n) is 2.66. The first-order chi connectivity index (χ1) is 12.4. The van der Waals surface area contributed by atoms with Crippen molar-refractivity contribution in [3.05, 3.63) is 58.7 Å². The minimum Gasteiger partial charge on any atom is -0.399 e. The molecule has 0 fully saturated rings. The van der Waals surface area contributed by atoms with Crippen molar-refractivity contribution in [2.45, 2.75) is 0 Å². The third-order valence-corrected chi connectivity index (χ3v) is 4.08. The van der Waals surface area contributed by atoms with Crippen LogP contribution in [0, 0.1) is 11.3 Å². The van der Waals surface area contributed by atoms with Gasteiger partial charge in [0.2, 0.25) is 0 Å². The molecule has 7 heteroatoms. The van der Waals surface area contributed by atoms with E-state index in [-0.39, 0.29) is 5.91 Å². The first-order valence-corrected chi connectivity index (χ1v) is 8.15. The highest BCUT2D eigenvalue weighted by molar-refractivity contribution is 6.30. The number of benzene rings is 2. The van der Waals surface area contributed by atoms with Gasteiger partial charge in [-0.25, -0.2) is 0 Å². The number of hydrogen-bond acceptors (Lipinski definition) is 5. The predicted octanol–water partition coefficient (Wildman–Crippen LogP) is 3.79. The van der Waals surface area contributed by atoms with Crippen LogP contribution in [0.2, 0.25) is 5.02 Å². The van der Waals surface area contributed by atoms with Gasteiger partial charge in [-0.1, -0.05) is 17.7 Å². The normalized spacial score (nSPS) is 10.4. The quantitative estimate of drug-likeness (QED) is 0.688. The lowest BCUT2D eigenvalue weighted by atomic mass is 10.0. The summed E-state index contributed by atoms with van der Waals surface area (Å²) in [5.41, 5.74) is 8.85. The fraction of sp³-hybridized carbons (Fsp3) is 0.105. The minimum absolute atomic E-state index is 0.215. The molecule has 3 rings (SSSR count). The van der Waals surface area contributed by atoms with Gasteiger partial charge in [0.15, 0.2) is 0 Å². The predicted molar refractivity (Wildman–Crippen MR) is 104 cm³/mol. The Balaban J connectivity index is 2.27. The zero-order valence-electron chi connectivity index (χ0n) is 14.2. The molecule has 1 amide bonds. The first kappa shape index (κ1) is 17.5. The molecule has 2 aromatic carbocycles. The van der Waals surface area contributed by atoms with Gasteiger partial charge < -0.3 is 16.0 Å². The molecule has 0 bridgehead atoms. The van der Waals surface area contributed by atoms with Crippen LogP contribution in [0.15, 0.2) is 42.6 Å². The van der Waals surface area contributed by atoms with E-state index in [1.165, 1.54) is 11.1 Å². The van der Waals surface area contributed by atoms with E-state index in [2.05, 4.69) is 16.4 Å². The number of carbonyl (C=O) groups excluding carboxylic acids is 1. The molecule has 3 N–H and O–H groups in total. The Morgan fingerprint density at radius 1 is 1.31 bits per heavy atom. The standard InChI is InChI=1S/C19H16ClN5O/c1-25(2)19(26)16-8-13(22)7-15-17(11(9-21)10-23-18(15)16)24-14-5-3-4-12(20)6-14/h3-8,10H,22H2,1-2H3,(H,23,24). The number of nitrogen functional groups attached to an aromatic ring is 1. The number of rotatable bonds is 3. The number of nitrogens with zero attached hydrogens (tertiary/aromatic N) is 3. The molecule has 0 radical (unpaired) electrons. The molecule has 130 valence electrons. The van der Waals surface area contributed by atoms with Crippen molar-refractivity contribution in [3.63, 3.8) is 0 Å². The second-order valence-electron chi connectivity index (χ2n) is 5.96. The molecule has 0 aliphatic carbocycles. The molecule has 6 nitrogen and oxygen atoms in total. The van der Waals surface area contributed by atoms with Crippen molar-refractivity contribution in [1.82, 2.24) is 9.88 Å². The monoisotopic (exact) mass is 365 g/mol. The molecular weight excluding hydrogens is 350 g/mol. The fourth-order valence-corrected chi connectivity index (χ4v) is 2.85. The number of fused-ring (bicyclic) bond motifs is 1. The number of nitrogens with two attached hydrogens (primary N) is 1. The van der Waals surface area contributed by atoms with Gasteiger partial charge in [0.05, 0.1) is 22.3 Å². The summed E-state index contributed by atoms with van der Waals surface area (Å²) in [6.45, 7) is 0. The summed E-state index contributed by atoms with van der Waals surface area (Å²) in [6, 6.07) is 12.5.